The molecule has 0 spiro atoms. The number of para-hydroxylation sites is 2. The molecule has 0 N–H and O–H groups in total. The van der Waals surface area contributed by atoms with Crippen molar-refractivity contribution in [3.8, 4) is 5.69 Å². The molecule has 1 atom stereocenters. The van der Waals surface area contributed by atoms with Gasteiger partial charge in [0.15, 0.2) is 0 Å². The van der Waals surface area contributed by atoms with Gasteiger partial charge in [-0.3, -0.25) is 4.31 Å². The van der Waals surface area contributed by atoms with E-state index < -0.39 is 15.4 Å². The van der Waals surface area contributed by atoms with Gasteiger partial charge >= 0.3 is 0 Å². The maximum absolute atomic E-state index is 13.8. The lowest BCUT2D eigenvalue weighted by molar-refractivity contribution is 0.540. The number of hydrogen-bond acceptors (Lipinski definition) is 3. The van der Waals surface area contributed by atoms with Crippen LogP contribution in [0.2, 0.25) is 0 Å². The van der Waals surface area contributed by atoms with Crippen molar-refractivity contribution >= 4 is 15.7 Å². The summed E-state index contributed by atoms with van der Waals surface area (Å²) in [6.45, 7) is 7.93. The smallest absolute Gasteiger partial charge is 0.263 e. The lowest BCUT2D eigenvalue weighted by atomic mass is 9.92. The van der Waals surface area contributed by atoms with Crippen molar-refractivity contribution in [2.75, 3.05) is 4.31 Å². The highest BCUT2D eigenvalue weighted by atomic mass is 32.2. The summed E-state index contributed by atoms with van der Waals surface area (Å²) in [6.07, 6.45) is 2.37. The van der Waals surface area contributed by atoms with Crippen LogP contribution in [0.25, 0.3) is 5.69 Å². The molecule has 1 unspecified atom stereocenters. The molecule has 6 heteroatoms. The molecule has 146 valence electrons. The lowest BCUT2D eigenvalue weighted by Gasteiger charge is -2.26. The second kappa shape index (κ2) is 6.48. The Morgan fingerprint density at radius 1 is 1.00 bits per heavy atom. The molecular formula is C22H25N3O2S. The van der Waals surface area contributed by atoms with Gasteiger partial charge in [0, 0.05) is 11.5 Å². The number of fused-ring (bicyclic) bond motifs is 1. The summed E-state index contributed by atoms with van der Waals surface area (Å²) in [6, 6.07) is 17.2. The molecule has 4 rings (SSSR count). The number of aromatic nitrogens is 2. The van der Waals surface area contributed by atoms with Crippen molar-refractivity contribution in [1.82, 2.24) is 9.78 Å². The Hall–Kier alpha value is -2.60. The van der Waals surface area contributed by atoms with Gasteiger partial charge < -0.3 is 0 Å². The lowest BCUT2D eigenvalue weighted by Crippen LogP contribution is -2.36. The predicted molar refractivity (Wildman–Crippen MR) is 112 cm³/mol. The Morgan fingerprint density at radius 3 is 2.32 bits per heavy atom. The first-order chi connectivity index (χ1) is 13.2. The molecule has 0 saturated heterocycles. The van der Waals surface area contributed by atoms with Crippen LogP contribution in [0.1, 0.15) is 39.0 Å². The van der Waals surface area contributed by atoms with Gasteiger partial charge in [-0.15, -0.1) is 0 Å². The minimum absolute atomic E-state index is 0.129. The summed E-state index contributed by atoms with van der Waals surface area (Å²) in [5, 5.41) is 4.68. The minimum Gasteiger partial charge on any atom is -0.263 e. The summed E-state index contributed by atoms with van der Waals surface area (Å²) in [5.41, 5.74) is 2.83. The zero-order chi connectivity index (χ0) is 20.1. The fourth-order valence-corrected chi connectivity index (χ4v) is 5.81. The van der Waals surface area contributed by atoms with E-state index in [9.17, 15) is 8.42 Å². The predicted octanol–water partition coefficient (Wildman–Crippen LogP) is 4.31. The Bertz CT molecular complexity index is 1110. The van der Waals surface area contributed by atoms with Gasteiger partial charge in [-0.1, -0.05) is 57.2 Å². The molecule has 0 bridgehead atoms. The fraction of sp³-hybridized carbons (Fsp3) is 0.318. The summed E-state index contributed by atoms with van der Waals surface area (Å²) < 4.78 is 30.8. The molecule has 2 aromatic carbocycles. The normalized spacial score (nSPS) is 17.0. The number of hydrogen-bond donors (Lipinski definition) is 0. The highest BCUT2D eigenvalue weighted by Gasteiger charge is 2.40. The molecular weight excluding hydrogens is 370 g/mol. The first-order valence-corrected chi connectivity index (χ1v) is 10.9. The Balaban J connectivity index is 1.90. The van der Waals surface area contributed by atoms with E-state index in [4.69, 9.17) is 0 Å². The molecule has 3 aromatic rings. The number of rotatable bonds is 3. The van der Waals surface area contributed by atoms with E-state index >= 15 is 0 Å². The quantitative estimate of drug-likeness (QED) is 0.664. The molecule has 5 nitrogen and oxygen atoms in total. The molecule has 2 heterocycles. The summed E-state index contributed by atoms with van der Waals surface area (Å²) in [5.74, 6) is 0. The van der Waals surface area contributed by atoms with Crippen molar-refractivity contribution in [1.29, 1.82) is 0 Å². The average Bonchev–Trinajstić information content (AvgIpc) is 3.24. The largest absolute Gasteiger partial charge is 0.268 e. The maximum Gasteiger partial charge on any atom is 0.268 e. The van der Waals surface area contributed by atoms with Crippen LogP contribution in [0, 0.1) is 0 Å². The minimum atomic E-state index is -3.75. The van der Waals surface area contributed by atoms with E-state index in [1.165, 1.54) is 0 Å². The van der Waals surface area contributed by atoms with Gasteiger partial charge in [-0.25, -0.2) is 13.1 Å². The van der Waals surface area contributed by atoms with Gasteiger partial charge in [0.1, 0.15) is 4.90 Å². The molecule has 0 amide bonds. The first-order valence-electron chi connectivity index (χ1n) is 9.47. The van der Waals surface area contributed by atoms with Crippen molar-refractivity contribution < 1.29 is 8.42 Å². The Kier molecular flexibility index (Phi) is 4.34. The van der Waals surface area contributed by atoms with Crippen LogP contribution in [-0.2, 0) is 21.9 Å². The summed E-state index contributed by atoms with van der Waals surface area (Å²) >= 11 is 0. The standard InChI is InChI=1S/C22H25N3O2S/c1-16-14-17-10-8-9-13-19(17)25(16)28(26,27)20-15-24(18-11-6-5-7-12-18)23-21(20)22(2,3)4/h5-13,15-16H,14H2,1-4H3. The molecule has 0 aliphatic carbocycles. The SMILES string of the molecule is CC1Cc2ccccc2N1S(=O)(=O)c1cn(-c2ccccc2)nc1C(C)(C)C. The molecule has 0 fully saturated rings. The third-order valence-corrected chi connectivity index (χ3v) is 7.02. The van der Waals surface area contributed by atoms with E-state index in [2.05, 4.69) is 5.10 Å². The van der Waals surface area contributed by atoms with E-state index in [0.717, 1.165) is 16.9 Å². The van der Waals surface area contributed by atoms with Crippen LogP contribution in [0.5, 0.6) is 0 Å². The van der Waals surface area contributed by atoms with Crippen LogP contribution >= 0.6 is 0 Å². The third-order valence-electron chi connectivity index (χ3n) is 5.09. The topological polar surface area (TPSA) is 55.2 Å². The Labute approximate surface area is 166 Å². The second-order valence-electron chi connectivity index (χ2n) is 8.35. The highest BCUT2D eigenvalue weighted by molar-refractivity contribution is 7.93. The van der Waals surface area contributed by atoms with Crippen molar-refractivity contribution in [2.24, 2.45) is 0 Å². The van der Waals surface area contributed by atoms with E-state index in [1.54, 1.807) is 15.2 Å². The monoisotopic (exact) mass is 395 g/mol. The van der Waals surface area contributed by atoms with Crippen molar-refractivity contribution in [3.63, 3.8) is 0 Å². The molecule has 0 radical (unpaired) electrons. The molecule has 1 aliphatic rings. The van der Waals surface area contributed by atoms with E-state index in [-0.39, 0.29) is 10.9 Å². The van der Waals surface area contributed by atoms with Crippen LogP contribution < -0.4 is 4.31 Å². The van der Waals surface area contributed by atoms with Crippen molar-refractivity contribution in [3.05, 3.63) is 72.1 Å². The molecule has 1 aromatic heterocycles. The van der Waals surface area contributed by atoms with Crippen LogP contribution in [0.4, 0.5) is 5.69 Å². The van der Waals surface area contributed by atoms with Gasteiger partial charge in [-0.2, -0.15) is 5.10 Å². The molecule has 1 aliphatic heterocycles. The molecule has 28 heavy (non-hydrogen) atoms. The number of anilines is 1. The molecule has 0 saturated carbocycles. The fourth-order valence-electron chi connectivity index (χ4n) is 3.79. The zero-order valence-corrected chi connectivity index (χ0v) is 17.4. The number of benzene rings is 2. The first kappa shape index (κ1) is 18.7. The Morgan fingerprint density at radius 2 is 1.64 bits per heavy atom. The maximum atomic E-state index is 13.8. The third kappa shape index (κ3) is 3.02. The van der Waals surface area contributed by atoms with Gasteiger partial charge in [-0.05, 0) is 37.1 Å². The summed E-state index contributed by atoms with van der Waals surface area (Å²) in [4.78, 5) is 0.271. The van der Waals surface area contributed by atoms with Gasteiger partial charge in [0.25, 0.3) is 10.0 Å². The van der Waals surface area contributed by atoms with Crippen LogP contribution in [0.15, 0.2) is 65.7 Å². The van der Waals surface area contributed by atoms with Crippen LogP contribution in [-0.4, -0.2) is 24.2 Å². The van der Waals surface area contributed by atoms with Gasteiger partial charge in [0.05, 0.1) is 23.3 Å². The number of nitrogens with zero attached hydrogens (tertiary/aromatic N) is 3. The van der Waals surface area contributed by atoms with Crippen molar-refractivity contribution in [2.45, 2.75) is 50.5 Å². The summed E-state index contributed by atoms with van der Waals surface area (Å²) in [7, 11) is -3.75. The van der Waals surface area contributed by atoms with Crippen LogP contribution in [0.3, 0.4) is 0 Å². The van der Waals surface area contributed by atoms with Gasteiger partial charge in [0.2, 0.25) is 0 Å². The second-order valence-corrected chi connectivity index (χ2v) is 10.1. The van der Waals surface area contributed by atoms with E-state index in [0.29, 0.717) is 12.1 Å². The highest BCUT2D eigenvalue weighted by Crippen LogP contribution is 2.39. The van der Waals surface area contributed by atoms with E-state index in [1.807, 2.05) is 82.3 Å². The zero-order valence-electron chi connectivity index (χ0n) is 16.6. The number of sulfonamides is 1. The average molecular weight is 396 g/mol.